The second-order valence-electron chi connectivity index (χ2n) is 3.62. The number of amides is 1. The third-order valence-corrected chi connectivity index (χ3v) is 3.52. The summed E-state index contributed by atoms with van der Waals surface area (Å²) in [5.74, 6) is -0.931. The summed E-state index contributed by atoms with van der Waals surface area (Å²) in [4.78, 5) is 21.3. The molecule has 1 amide bonds. The van der Waals surface area contributed by atoms with Gasteiger partial charge in [0.15, 0.2) is 0 Å². The van der Waals surface area contributed by atoms with Gasteiger partial charge < -0.3 is 10.4 Å². The highest BCUT2D eigenvalue weighted by Crippen LogP contribution is 2.31. The molecule has 88 valence electrons. The molecular formula is C12H11NO3S. The monoisotopic (exact) mass is 249 g/mol. The molecule has 1 atom stereocenters. The molecule has 0 aliphatic carbocycles. The van der Waals surface area contributed by atoms with E-state index in [1.165, 1.54) is 0 Å². The first-order chi connectivity index (χ1) is 8.22. The van der Waals surface area contributed by atoms with Crippen molar-refractivity contribution < 1.29 is 14.7 Å². The van der Waals surface area contributed by atoms with E-state index in [-0.39, 0.29) is 6.42 Å². The van der Waals surface area contributed by atoms with Crippen molar-refractivity contribution in [3.05, 3.63) is 35.2 Å². The van der Waals surface area contributed by atoms with Crippen LogP contribution in [0.1, 0.15) is 18.0 Å². The molecule has 1 heterocycles. The molecule has 0 radical (unpaired) electrons. The Kier molecular flexibility index (Phi) is 3.39. The minimum absolute atomic E-state index is 0.112. The lowest BCUT2D eigenvalue weighted by Crippen LogP contribution is -2.22. The van der Waals surface area contributed by atoms with Gasteiger partial charge >= 0.3 is 5.97 Å². The van der Waals surface area contributed by atoms with Crippen LogP contribution in [0.2, 0.25) is 0 Å². The molecule has 2 rings (SSSR count). The Hall–Kier alpha value is -1.88. The van der Waals surface area contributed by atoms with E-state index in [4.69, 9.17) is 5.11 Å². The molecule has 0 aliphatic heterocycles. The summed E-state index contributed by atoms with van der Waals surface area (Å²) >= 11 is 1.55. The lowest BCUT2D eigenvalue weighted by atomic mass is 10.0. The number of fused-ring (bicyclic) bond motifs is 1. The standard InChI is InChI=1S/C12H11NO3S/c14-7-13-10(5-12(15)16)9-6-17-11-4-2-1-3-8(9)11/h1-4,6-7,10H,5H2,(H,13,14)(H,15,16)/t10-/m0/s1. The van der Waals surface area contributed by atoms with Crippen molar-refractivity contribution in [2.24, 2.45) is 0 Å². The normalized spacial score (nSPS) is 12.2. The number of nitrogens with one attached hydrogen (secondary N) is 1. The van der Waals surface area contributed by atoms with Crippen molar-refractivity contribution >= 4 is 33.8 Å². The van der Waals surface area contributed by atoms with Crippen LogP contribution >= 0.6 is 11.3 Å². The molecule has 5 heteroatoms. The number of carboxylic acids is 1. The Morgan fingerprint density at radius 2 is 2.24 bits per heavy atom. The van der Waals surface area contributed by atoms with Crippen LogP contribution in [0.25, 0.3) is 10.1 Å². The number of carbonyl (C=O) groups is 2. The number of rotatable bonds is 5. The zero-order valence-electron chi connectivity index (χ0n) is 8.92. The highest BCUT2D eigenvalue weighted by molar-refractivity contribution is 7.17. The minimum atomic E-state index is -0.931. The largest absolute Gasteiger partial charge is 0.481 e. The molecule has 0 aliphatic rings. The van der Waals surface area contributed by atoms with Gasteiger partial charge in [-0.25, -0.2) is 0 Å². The molecule has 2 N–H and O–H groups in total. The Labute approximate surface area is 102 Å². The van der Waals surface area contributed by atoms with E-state index in [1.807, 2.05) is 29.6 Å². The molecule has 0 fully saturated rings. The number of aliphatic carboxylic acids is 1. The van der Waals surface area contributed by atoms with Crippen molar-refractivity contribution in [3.8, 4) is 0 Å². The van der Waals surface area contributed by atoms with Crippen LogP contribution in [0.3, 0.4) is 0 Å². The van der Waals surface area contributed by atoms with E-state index in [1.54, 1.807) is 11.3 Å². The minimum Gasteiger partial charge on any atom is -0.481 e. The first-order valence-corrected chi connectivity index (χ1v) is 5.98. The van der Waals surface area contributed by atoms with Crippen molar-refractivity contribution in [1.29, 1.82) is 0 Å². The average molecular weight is 249 g/mol. The maximum Gasteiger partial charge on any atom is 0.305 e. The molecule has 2 aromatic rings. The van der Waals surface area contributed by atoms with Gasteiger partial charge in [-0.2, -0.15) is 0 Å². The van der Waals surface area contributed by atoms with E-state index in [0.717, 1.165) is 15.6 Å². The van der Waals surface area contributed by atoms with E-state index in [9.17, 15) is 9.59 Å². The van der Waals surface area contributed by atoms with Crippen LogP contribution in [-0.4, -0.2) is 17.5 Å². The van der Waals surface area contributed by atoms with Gasteiger partial charge in [-0.3, -0.25) is 9.59 Å². The molecular weight excluding hydrogens is 238 g/mol. The van der Waals surface area contributed by atoms with Gasteiger partial charge in [0.2, 0.25) is 6.41 Å². The molecule has 0 unspecified atom stereocenters. The molecule has 4 nitrogen and oxygen atoms in total. The molecule has 0 saturated carbocycles. The van der Waals surface area contributed by atoms with Crippen LogP contribution in [0.4, 0.5) is 0 Å². The molecule has 0 spiro atoms. The van der Waals surface area contributed by atoms with Gasteiger partial charge in [0.05, 0.1) is 12.5 Å². The number of carboxylic acid groups (broad SMARTS) is 1. The van der Waals surface area contributed by atoms with E-state index in [0.29, 0.717) is 6.41 Å². The van der Waals surface area contributed by atoms with Gasteiger partial charge in [-0.05, 0) is 22.4 Å². The number of benzene rings is 1. The van der Waals surface area contributed by atoms with Crippen LogP contribution < -0.4 is 5.32 Å². The van der Waals surface area contributed by atoms with Crippen molar-refractivity contribution in [1.82, 2.24) is 5.32 Å². The SMILES string of the molecule is O=CN[C@@H](CC(=O)O)c1csc2ccccc12. The molecule has 0 bridgehead atoms. The highest BCUT2D eigenvalue weighted by Gasteiger charge is 2.18. The van der Waals surface area contributed by atoms with Gasteiger partial charge in [0.1, 0.15) is 0 Å². The fourth-order valence-corrected chi connectivity index (χ4v) is 2.80. The fraction of sp³-hybridized carbons (Fsp3) is 0.167. The van der Waals surface area contributed by atoms with Gasteiger partial charge in [0, 0.05) is 4.70 Å². The smallest absolute Gasteiger partial charge is 0.305 e. The Morgan fingerprint density at radius 1 is 1.47 bits per heavy atom. The highest BCUT2D eigenvalue weighted by atomic mass is 32.1. The van der Waals surface area contributed by atoms with Crippen molar-refractivity contribution in [3.63, 3.8) is 0 Å². The number of carbonyl (C=O) groups excluding carboxylic acids is 1. The number of thiophene rings is 1. The lowest BCUT2D eigenvalue weighted by molar-refractivity contribution is -0.137. The van der Waals surface area contributed by atoms with E-state index < -0.39 is 12.0 Å². The summed E-state index contributed by atoms with van der Waals surface area (Å²) in [7, 11) is 0. The Balaban J connectivity index is 2.40. The predicted molar refractivity (Wildman–Crippen MR) is 66.0 cm³/mol. The number of hydrogen-bond donors (Lipinski definition) is 2. The number of hydrogen-bond acceptors (Lipinski definition) is 3. The van der Waals surface area contributed by atoms with E-state index >= 15 is 0 Å². The van der Waals surface area contributed by atoms with Crippen LogP contribution in [0.15, 0.2) is 29.6 Å². The van der Waals surface area contributed by atoms with Crippen LogP contribution in [0, 0.1) is 0 Å². The second kappa shape index (κ2) is 4.97. The van der Waals surface area contributed by atoms with Crippen molar-refractivity contribution in [2.45, 2.75) is 12.5 Å². The first-order valence-electron chi connectivity index (χ1n) is 5.10. The van der Waals surface area contributed by atoms with Crippen LogP contribution in [0.5, 0.6) is 0 Å². The molecule has 17 heavy (non-hydrogen) atoms. The summed E-state index contributed by atoms with van der Waals surface area (Å²) in [6.07, 6.45) is 0.430. The maximum absolute atomic E-state index is 10.8. The maximum atomic E-state index is 10.8. The topological polar surface area (TPSA) is 66.4 Å². The zero-order valence-corrected chi connectivity index (χ0v) is 9.74. The summed E-state index contributed by atoms with van der Waals surface area (Å²) in [6, 6.07) is 7.27. The molecule has 1 aromatic carbocycles. The fourth-order valence-electron chi connectivity index (χ4n) is 1.78. The third-order valence-electron chi connectivity index (χ3n) is 2.53. The Bertz CT molecular complexity index is 549. The molecule has 1 aromatic heterocycles. The van der Waals surface area contributed by atoms with Gasteiger partial charge in [-0.1, -0.05) is 18.2 Å². The summed E-state index contributed by atoms with van der Waals surface area (Å²) in [5.41, 5.74) is 0.861. The molecule has 0 saturated heterocycles. The Morgan fingerprint density at radius 3 is 2.94 bits per heavy atom. The first kappa shape index (κ1) is 11.6. The summed E-state index contributed by atoms with van der Waals surface area (Å²) < 4.78 is 1.09. The van der Waals surface area contributed by atoms with Gasteiger partial charge in [-0.15, -0.1) is 11.3 Å². The predicted octanol–water partition coefficient (Wildman–Crippen LogP) is 2.16. The van der Waals surface area contributed by atoms with Gasteiger partial charge in [0.25, 0.3) is 0 Å². The van der Waals surface area contributed by atoms with Crippen LogP contribution in [-0.2, 0) is 9.59 Å². The van der Waals surface area contributed by atoms with E-state index in [2.05, 4.69) is 5.32 Å². The summed E-state index contributed by atoms with van der Waals surface area (Å²) in [5, 5.41) is 14.3. The average Bonchev–Trinajstić information content (AvgIpc) is 2.71. The van der Waals surface area contributed by atoms with Crippen molar-refractivity contribution in [2.75, 3.05) is 0 Å². The second-order valence-corrected chi connectivity index (χ2v) is 4.53. The quantitative estimate of drug-likeness (QED) is 0.798. The lowest BCUT2D eigenvalue weighted by Gasteiger charge is -2.12. The third kappa shape index (κ3) is 2.45. The zero-order chi connectivity index (χ0) is 12.3. The summed E-state index contributed by atoms with van der Waals surface area (Å²) in [6.45, 7) is 0.